The largest absolute Gasteiger partial charge is 0.453 e. The van der Waals surface area contributed by atoms with Gasteiger partial charge in [0.15, 0.2) is 5.82 Å². The maximum absolute atomic E-state index is 13.7. The van der Waals surface area contributed by atoms with Crippen LogP contribution in [0.25, 0.3) is 11.1 Å². The van der Waals surface area contributed by atoms with E-state index in [9.17, 15) is 17.6 Å². The molecule has 1 heterocycles. The quantitative estimate of drug-likeness (QED) is 0.810. The van der Waals surface area contributed by atoms with Crippen LogP contribution in [0.1, 0.15) is 5.76 Å². The summed E-state index contributed by atoms with van der Waals surface area (Å²) >= 11 is 5.50. The summed E-state index contributed by atoms with van der Waals surface area (Å²) in [5, 5.41) is 2.68. The van der Waals surface area contributed by atoms with Gasteiger partial charge >= 0.3 is 6.18 Å². The lowest BCUT2D eigenvalue weighted by atomic mass is 10.0. The van der Waals surface area contributed by atoms with Crippen LogP contribution >= 0.6 is 11.6 Å². The van der Waals surface area contributed by atoms with Crippen molar-refractivity contribution >= 4 is 17.4 Å². The van der Waals surface area contributed by atoms with Gasteiger partial charge in [0, 0.05) is 5.56 Å². The molecular formula is C10H5ClF4N2O. The highest BCUT2D eigenvalue weighted by molar-refractivity contribution is 6.31. The molecule has 0 unspecified atom stereocenters. The van der Waals surface area contributed by atoms with E-state index in [0.29, 0.717) is 0 Å². The fraction of sp³-hybridized carbons (Fsp3) is 0.100. The molecule has 2 aromatic rings. The van der Waals surface area contributed by atoms with E-state index in [1.807, 2.05) is 0 Å². The third kappa shape index (κ3) is 2.01. The molecule has 0 radical (unpaired) electrons. The van der Waals surface area contributed by atoms with E-state index in [1.165, 1.54) is 12.1 Å². The zero-order valence-electron chi connectivity index (χ0n) is 8.55. The van der Waals surface area contributed by atoms with Crippen LogP contribution in [0.4, 0.5) is 23.4 Å². The lowest BCUT2D eigenvalue weighted by Crippen LogP contribution is -2.06. The maximum Gasteiger partial charge on any atom is 0.453 e. The monoisotopic (exact) mass is 280 g/mol. The minimum absolute atomic E-state index is 0.318. The van der Waals surface area contributed by atoms with Crippen molar-refractivity contribution in [3.05, 3.63) is 34.8 Å². The van der Waals surface area contributed by atoms with Gasteiger partial charge in [-0.1, -0.05) is 28.9 Å². The number of nitrogen functional groups attached to an aromatic ring is 1. The molecule has 0 saturated heterocycles. The van der Waals surface area contributed by atoms with Crippen molar-refractivity contribution in [3.8, 4) is 11.1 Å². The average molecular weight is 281 g/mol. The van der Waals surface area contributed by atoms with E-state index in [2.05, 4.69) is 9.68 Å². The summed E-state index contributed by atoms with van der Waals surface area (Å²) in [6.07, 6.45) is -4.82. The van der Waals surface area contributed by atoms with Gasteiger partial charge in [0.1, 0.15) is 5.82 Å². The molecular weight excluding hydrogens is 276 g/mol. The lowest BCUT2D eigenvalue weighted by molar-refractivity contribution is -0.154. The number of nitrogens with two attached hydrogens (primary N) is 1. The number of nitrogens with zero attached hydrogens (tertiary/aromatic N) is 1. The SMILES string of the molecule is Nc1noc(C(F)(F)F)c1-c1cccc(Cl)c1F. The Morgan fingerprint density at radius 1 is 1.28 bits per heavy atom. The summed E-state index contributed by atoms with van der Waals surface area (Å²) in [7, 11) is 0. The second-order valence-corrected chi connectivity index (χ2v) is 3.78. The van der Waals surface area contributed by atoms with Crippen LogP contribution in [0.3, 0.4) is 0 Å². The van der Waals surface area contributed by atoms with Gasteiger partial charge in [-0.2, -0.15) is 13.2 Å². The number of hydrogen-bond acceptors (Lipinski definition) is 3. The van der Waals surface area contributed by atoms with E-state index in [-0.39, 0.29) is 5.02 Å². The summed E-state index contributed by atoms with van der Waals surface area (Å²) in [4.78, 5) is 0. The van der Waals surface area contributed by atoms with Crippen LogP contribution in [-0.2, 0) is 6.18 Å². The fourth-order valence-electron chi connectivity index (χ4n) is 1.45. The van der Waals surface area contributed by atoms with Gasteiger partial charge in [-0.3, -0.25) is 0 Å². The van der Waals surface area contributed by atoms with Crippen molar-refractivity contribution in [3.63, 3.8) is 0 Å². The Balaban J connectivity index is 2.72. The van der Waals surface area contributed by atoms with Gasteiger partial charge in [-0.05, 0) is 6.07 Å². The van der Waals surface area contributed by atoms with Crippen LogP contribution in [0.5, 0.6) is 0 Å². The molecule has 2 N–H and O–H groups in total. The molecule has 8 heteroatoms. The molecule has 0 spiro atoms. The summed E-state index contributed by atoms with van der Waals surface area (Å²) in [5.74, 6) is -3.02. The molecule has 96 valence electrons. The Morgan fingerprint density at radius 3 is 2.56 bits per heavy atom. The normalized spacial score (nSPS) is 11.8. The summed E-state index contributed by atoms with van der Waals surface area (Å²) in [6.45, 7) is 0. The van der Waals surface area contributed by atoms with Gasteiger partial charge in [0.2, 0.25) is 0 Å². The predicted molar refractivity (Wildman–Crippen MR) is 56.3 cm³/mol. The molecule has 0 saturated carbocycles. The number of hydrogen-bond donors (Lipinski definition) is 1. The zero-order chi connectivity index (χ0) is 13.5. The first kappa shape index (κ1) is 12.7. The third-order valence-electron chi connectivity index (χ3n) is 2.20. The maximum atomic E-state index is 13.7. The Kier molecular flexibility index (Phi) is 2.94. The molecule has 1 aromatic heterocycles. The molecule has 0 aliphatic heterocycles. The summed E-state index contributed by atoms with van der Waals surface area (Å²) in [5.41, 5.74) is 4.22. The Labute approximate surface area is 103 Å². The number of benzene rings is 1. The smallest absolute Gasteiger partial charge is 0.380 e. The molecule has 18 heavy (non-hydrogen) atoms. The van der Waals surface area contributed by atoms with Crippen LogP contribution in [0.2, 0.25) is 5.02 Å². The van der Waals surface area contributed by atoms with E-state index in [1.54, 1.807) is 0 Å². The molecule has 0 bridgehead atoms. The van der Waals surface area contributed by atoms with Crippen molar-refractivity contribution in [2.24, 2.45) is 0 Å². The van der Waals surface area contributed by atoms with E-state index >= 15 is 0 Å². The van der Waals surface area contributed by atoms with Gasteiger partial charge in [0.05, 0.1) is 10.6 Å². The number of anilines is 1. The number of halogens is 5. The van der Waals surface area contributed by atoms with E-state index in [4.69, 9.17) is 17.3 Å². The van der Waals surface area contributed by atoms with E-state index in [0.717, 1.165) is 6.07 Å². The van der Waals surface area contributed by atoms with Crippen molar-refractivity contribution < 1.29 is 22.1 Å². The van der Waals surface area contributed by atoms with Gasteiger partial charge < -0.3 is 10.3 Å². The minimum atomic E-state index is -4.82. The highest BCUT2D eigenvalue weighted by atomic mass is 35.5. The van der Waals surface area contributed by atoms with Crippen molar-refractivity contribution in [2.45, 2.75) is 6.18 Å². The molecule has 0 aliphatic rings. The first-order valence-corrected chi connectivity index (χ1v) is 4.97. The van der Waals surface area contributed by atoms with Crippen LogP contribution in [-0.4, -0.2) is 5.16 Å². The molecule has 0 amide bonds. The average Bonchev–Trinajstić information content (AvgIpc) is 2.64. The Hall–Kier alpha value is -1.76. The topological polar surface area (TPSA) is 52.0 Å². The second kappa shape index (κ2) is 4.16. The van der Waals surface area contributed by atoms with Crippen molar-refractivity contribution in [1.82, 2.24) is 5.16 Å². The first-order chi connectivity index (χ1) is 8.32. The van der Waals surface area contributed by atoms with Crippen LogP contribution in [0.15, 0.2) is 22.7 Å². The number of alkyl halides is 3. The van der Waals surface area contributed by atoms with Gasteiger partial charge in [0.25, 0.3) is 5.76 Å². The van der Waals surface area contributed by atoms with Crippen molar-refractivity contribution in [2.75, 3.05) is 5.73 Å². The highest BCUT2D eigenvalue weighted by Crippen LogP contribution is 2.41. The summed E-state index contributed by atoms with van der Waals surface area (Å²) < 4.78 is 55.7. The highest BCUT2D eigenvalue weighted by Gasteiger charge is 2.41. The van der Waals surface area contributed by atoms with Gasteiger partial charge in [-0.15, -0.1) is 0 Å². The molecule has 3 nitrogen and oxygen atoms in total. The molecule has 0 aliphatic carbocycles. The predicted octanol–water partition coefficient (Wildman–Crippen LogP) is 3.74. The minimum Gasteiger partial charge on any atom is -0.380 e. The number of aromatic nitrogens is 1. The molecule has 0 fully saturated rings. The second-order valence-electron chi connectivity index (χ2n) is 3.37. The van der Waals surface area contributed by atoms with Gasteiger partial charge in [-0.25, -0.2) is 4.39 Å². The van der Waals surface area contributed by atoms with Crippen molar-refractivity contribution in [1.29, 1.82) is 0 Å². The standard InChI is InChI=1S/C10H5ClF4N2O/c11-5-3-1-2-4(7(5)12)6-8(10(13,14)15)18-17-9(6)16/h1-3H,(H2,16,17). The fourth-order valence-corrected chi connectivity index (χ4v) is 1.63. The molecule has 0 atom stereocenters. The Bertz CT molecular complexity index is 594. The Morgan fingerprint density at radius 2 is 1.94 bits per heavy atom. The zero-order valence-corrected chi connectivity index (χ0v) is 9.31. The third-order valence-corrected chi connectivity index (χ3v) is 2.49. The lowest BCUT2D eigenvalue weighted by Gasteiger charge is -2.07. The van der Waals surface area contributed by atoms with E-state index < -0.39 is 34.7 Å². The first-order valence-electron chi connectivity index (χ1n) is 4.59. The van der Waals surface area contributed by atoms with Crippen LogP contribution in [0, 0.1) is 5.82 Å². The number of rotatable bonds is 1. The summed E-state index contributed by atoms with van der Waals surface area (Å²) in [6, 6.07) is 3.62. The molecule has 2 rings (SSSR count). The van der Waals surface area contributed by atoms with Crippen LogP contribution < -0.4 is 5.73 Å². The molecule has 1 aromatic carbocycles.